The quantitative estimate of drug-likeness (QED) is 0.448. The van der Waals surface area contributed by atoms with Crippen molar-refractivity contribution in [1.82, 2.24) is 14.8 Å². The van der Waals surface area contributed by atoms with Crippen LogP contribution in [0.1, 0.15) is 28.8 Å². The van der Waals surface area contributed by atoms with Crippen molar-refractivity contribution in [3.63, 3.8) is 0 Å². The van der Waals surface area contributed by atoms with E-state index in [1.54, 1.807) is 27.7 Å². The molecule has 3 aromatic carbocycles. The fraction of sp³-hybridized carbons (Fsp3) is 0.185. The molecule has 6 rings (SSSR count). The first-order chi connectivity index (χ1) is 17.2. The van der Waals surface area contributed by atoms with Gasteiger partial charge in [0.1, 0.15) is 41.5 Å². The molecule has 8 heteroatoms. The molecule has 0 amide bonds. The summed E-state index contributed by atoms with van der Waals surface area (Å²) in [5.74, 6) is 3.75. The van der Waals surface area contributed by atoms with Crippen molar-refractivity contribution in [3.8, 4) is 23.0 Å². The van der Waals surface area contributed by atoms with Gasteiger partial charge in [0.15, 0.2) is 0 Å². The lowest BCUT2D eigenvalue weighted by Crippen LogP contribution is -2.32. The minimum Gasteiger partial charge on any atom is -0.497 e. The molecule has 4 aromatic rings. The second-order valence-corrected chi connectivity index (χ2v) is 8.29. The molecule has 2 aliphatic heterocycles. The second-order valence-electron chi connectivity index (χ2n) is 8.29. The lowest BCUT2D eigenvalue weighted by molar-refractivity contribution is 0.222. The molecule has 0 radical (unpaired) electrons. The van der Waals surface area contributed by atoms with Crippen LogP contribution in [-0.2, 0) is 0 Å². The zero-order chi connectivity index (χ0) is 23.9. The summed E-state index contributed by atoms with van der Waals surface area (Å²) in [5, 5.41) is 8.09. The summed E-state index contributed by atoms with van der Waals surface area (Å²) >= 11 is 0. The average Bonchev–Trinajstić information content (AvgIpc) is 3.39. The highest BCUT2D eigenvalue weighted by molar-refractivity contribution is 5.85. The summed E-state index contributed by atoms with van der Waals surface area (Å²) in [6.45, 7) is 0. The van der Waals surface area contributed by atoms with Gasteiger partial charge in [-0.25, -0.2) is 4.68 Å². The summed E-state index contributed by atoms with van der Waals surface area (Å²) in [6.07, 6.45) is 1.20. The SMILES string of the molecule is COc1ccc([C@@H]2Oc3ccc(OC)cc3C3=C2[C@H](c2ccc(OC)cc2)n2ncnc2N3)cc1. The van der Waals surface area contributed by atoms with Crippen molar-refractivity contribution in [3.05, 3.63) is 95.3 Å². The van der Waals surface area contributed by atoms with Gasteiger partial charge in [-0.2, -0.15) is 10.1 Å². The van der Waals surface area contributed by atoms with E-state index >= 15 is 0 Å². The van der Waals surface area contributed by atoms with E-state index in [1.807, 2.05) is 59.3 Å². The van der Waals surface area contributed by atoms with Crippen molar-refractivity contribution >= 4 is 11.6 Å². The molecule has 0 spiro atoms. The molecule has 0 aliphatic carbocycles. The molecular weight excluding hydrogens is 444 g/mol. The van der Waals surface area contributed by atoms with Gasteiger partial charge in [-0.15, -0.1) is 0 Å². The number of methoxy groups -OCH3 is 3. The van der Waals surface area contributed by atoms with Crippen molar-refractivity contribution in [2.75, 3.05) is 26.6 Å². The second kappa shape index (κ2) is 8.39. The summed E-state index contributed by atoms with van der Waals surface area (Å²) in [6, 6.07) is 21.6. The van der Waals surface area contributed by atoms with E-state index in [0.29, 0.717) is 5.95 Å². The monoisotopic (exact) mass is 468 g/mol. The van der Waals surface area contributed by atoms with Gasteiger partial charge in [0, 0.05) is 11.1 Å². The molecule has 176 valence electrons. The van der Waals surface area contributed by atoms with Gasteiger partial charge in [0.25, 0.3) is 0 Å². The molecule has 2 aliphatic rings. The molecule has 3 heterocycles. The van der Waals surface area contributed by atoms with Gasteiger partial charge in [-0.05, 0) is 53.6 Å². The standard InChI is InChI=1S/C27H24N4O4/c1-32-18-8-4-16(5-9-18)25-23-24(30-27-28-15-29-31(25)27)21-14-20(34-3)12-13-22(21)35-26(23)17-6-10-19(33-2)11-7-17/h4-15,25-26H,1-3H3,(H,28,29,30)/t25-,26-/m0/s1. The normalized spacial score (nSPS) is 17.9. The van der Waals surface area contributed by atoms with E-state index in [9.17, 15) is 0 Å². The Hall–Kier alpha value is -4.46. The van der Waals surface area contributed by atoms with Crippen LogP contribution in [0.25, 0.3) is 5.70 Å². The summed E-state index contributed by atoms with van der Waals surface area (Å²) in [7, 11) is 4.98. The van der Waals surface area contributed by atoms with Crippen molar-refractivity contribution in [2.45, 2.75) is 12.1 Å². The van der Waals surface area contributed by atoms with Gasteiger partial charge in [-0.1, -0.05) is 24.3 Å². The zero-order valence-corrected chi connectivity index (χ0v) is 19.6. The first-order valence-corrected chi connectivity index (χ1v) is 11.2. The highest BCUT2D eigenvalue weighted by atomic mass is 16.5. The number of hydrogen-bond acceptors (Lipinski definition) is 7. The Labute approximate surface area is 202 Å². The first kappa shape index (κ1) is 21.1. The van der Waals surface area contributed by atoms with Crippen molar-refractivity contribution in [2.24, 2.45) is 0 Å². The van der Waals surface area contributed by atoms with Crippen LogP contribution in [-0.4, -0.2) is 36.1 Å². The van der Waals surface area contributed by atoms with E-state index in [1.165, 1.54) is 0 Å². The minimum absolute atomic E-state index is 0.249. The van der Waals surface area contributed by atoms with E-state index in [-0.39, 0.29) is 12.1 Å². The van der Waals surface area contributed by atoms with Crippen LogP contribution in [0.5, 0.6) is 23.0 Å². The van der Waals surface area contributed by atoms with Crippen molar-refractivity contribution in [1.29, 1.82) is 0 Å². The number of benzene rings is 3. The molecule has 8 nitrogen and oxygen atoms in total. The maximum Gasteiger partial charge on any atom is 0.226 e. The molecule has 0 unspecified atom stereocenters. The molecule has 1 aromatic heterocycles. The van der Waals surface area contributed by atoms with Crippen LogP contribution in [0.4, 0.5) is 5.95 Å². The van der Waals surface area contributed by atoms with Gasteiger partial charge in [-0.3, -0.25) is 0 Å². The van der Waals surface area contributed by atoms with E-state index in [2.05, 4.69) is 27.5 Å². The summed E-state index contributed by atoms with van der Waals surface area (Å²) < 4.78 is 24.9. The van der Waals surface area contributed by atoms with E-state index < -0.39 is 0 Å². The highest BCUT2D eigenvalue weighted by Gasteiger charge is 2.41. The maximum absolute atomic E-state index is 6.67. The number of hydrogen-bond donors (Lipinski definition) is 1. The van der Waals surface area contributed by atoms with Crippen LogP contribution in [0.3, 0.4) is 0 Å². The Morgan fingerprint density at radius 3 is 2.09 bits per heavy atom. The summed E-state index contributed by atoms with van der Waals surface area (Å²) in [5.41, 5.74) is 4.92. The van der Waals surface area contributed by atoms with Crippen LogP contribution in [0, 0.1) is 0 Å². The van der Waals surface area contributed by atoms with Gasteiger partial charge in [0.05, 0.1) is 27.0 Å². The predicted molar refractivity (Wildman–Crippen MR) is 131 cm³/mol. The third-order valence-corrected chi connectivity index (χ3v) is 6.47. The number of nitrogens with zero attached hydrogens (tertiary/aromatic N) is 3. The highest BCUT2D eigenvalue weighted by Crippen LogP contribution is 2.51. The van der Waals surface area contributed by atoms with E-state index in [4.69, 9.17) is 18.9 Å². The lowest BCUT2D eigenvalue weighted by Gasteiger charge is -2.39. The molecule has 0 saturated heterocycles. The Kier molecular flexibility index (Phi) is 5.06. The van der Waals surface area contributed by atoms with Gasteiger partial charge in [0.2, 0.25) is 5.95 Å². The number of anilines is 1. The topological polar surface area (TPSA) is 79.7 Å². The molecule has 0 fully saturated rings. The molecular formula is C27H24N4O4. The molecule has 0 bridgehead atoms. The fourth-order valence-corrected chi connectivity index (χ4v) is 4.74. The van der Waals surface area contributed by atoms with Gasteiger partial charge < -0.3 is 24.3 Å². The van der Waals surface area contributed by atoms with E-state index in [0.717, 1.165) is 51.0 Å². The third kappa shape index (κ3) is 3.45. The minimum atomic E-state index is -0.367. The van der Waals surface area contributed by atoms with Crippen LogP contribution in [0.15, 0.2) is 78.6 Å². The number of nitrogens with one attached hydrogen (secondary N) is 1. The number of ether oxygens (including phenoxy) is 4. The fourth-order valence-electron chi connectivity index (χ4n) is 4.74. The molecule has 1 N–H and O–H groups in total. The Morgan fingerprint density at radius 1 is 0.800 bits per heavy atom. The first-order valence-electron chi connectivity index (χ1n) is 11.2. The molecule has 35 heavy (non-hydrogen) atoms. The lowest BCUT2D eigenvalue weighted by atomic mass is 9.84. The average molecular weight is 469 g/mol. The summed E-state index contributed by atoms with van der Waals surface area (Å²) in [4.78, 5) is 4.49. The predicted octanol–water partition coefficient (Wildman–Crippen LogP) is 4.86. The van der Waals surface area contributed by atoms with Crippen LogP contribution in [0.2, 0.25) is 0 Å². The largest absolute Gasteiger partial charge is 0.497 e. The van der Waals surface area contributed by atoms with Crippen molar-refractivity contribution < 1.29 is 18.9 Å². The third-order valence-electron chi connectivity index (χ3n) is 6.47. The Balaban J connectivity index is 1.59. The Bertz CT molecular complexity index is 1410. The smallest absolute Gasteiger partial charge is 0.226 e. The Morgan fingerprint density at radius 2 is 1.43 bits per heavy atom. The molecule has 0 saturated carbocycles. The number of fused-ring (bicyclic) bond motifs is 3. The van der Waals surface area contributed by atoms with Crippen LogP contribution < -0.4 is 24.3 Å². The van der Waals surface area contributed by atoms with Gasteiger partial charge >= 0.3 is 0 Å². The zero-order valence-electron chi connectivity index (χ0n) is 19.6. The molecule has 2 atom stereocenters. The van der Waals surface area contributed by atoms with Crippen LogP contribution >= 0.6 is 0 Å². The number of rotatable bonds is 5. The number of aromatic nitrogens is 3. The maximum atomic E-state index is 6.67.